The molecule has 0 saturated heterocycles. The Labute approximate surface area is 163 Å². The lowest BCUT2D eigenvalue weighted by Crippen LogP contribution is -2.20. The smallest absolute Gasteiger partial charge is 0.331 e. The number of esters is 1. The van der Waals surface area contributed by atoms with E-state index >= 15 is 0 Å². The van der Waals surface area contributed by atoms with E-state index < -0.39 is 18.5 Å². The number of ether oxygens (including phenoxy) is 2. The summed E-state index contributed by atoms with van der Waals surface area (Å²) in [5.74, 6) is -0.295. The summed E-state index contributed by atoms with van der Waals surface area (Å²) in [5.41, 5.74) is 3.19. The Morgan fingerprint density at radius 3 is 2.48 bits per heavy atom. The van der Waals surface area contributed by atoms with Crippen molar-refractivity contribution >= 4 is 35.2 Å². The molecule has 2 rings (SSSR count). The SMILES string of the molecule is CCOc1ccc(C=CC(=O)OCC(=O)Nc2c(C)cc(C)cc2Cl)cc1. The van der Waals surface area contributed by atoms with Crippen molar-refractivity contribution in [2.75, 3.05) is 18.5 Å². The molecular formula is C21H22ClNO4. The van der Waals surface area contributed by atoms with E-state index in [0.717, 1.165) is 22.4 Å². The van der Waals surface area contributed by atoms with Crippen LogP contribution in [0.5, 0.6) is 5.75 Å². The highest BCUT2D eigenvalue weighted by atomic mass is 35.5. The van der Waals surface area contributed by atoms with Crippen LogP contribution in [0, 0.1) is 13.8 Å². The minimum Gasteiger partial charge on any atom is -0.494 e. The Morgan fingerprint density at radius 2 is 1.85 bits per heavy atom. The molecule has 2 aromatic rings. The highest BCUT2D eigenvalue weighted by molar-refractivity contribution is 6.34. The van der Waals surface area contributed by atoms with Crippen LogP contribution in [0.3, 0.4) is 0 Å². The molecule has 0 heterocycles. The Morgan fingerprint density at radius 1 is 1.15 bits per heavy atom. The molecular weight excluding hydrogens is 366 g/mol. The molecule has 0 fully saturated rings. The van der Waals surface area contributed by atoms with Crippen molar-refractivity contribution in [3.8, 4) is 5.75 Å². The maximum atomic E-state index is 12.0. The zero-order chi connectivity index (χ0) is 19.8. The van der Waals surface area contributed by atoms with Crippen LogP contribution >= 0.6 is 11.6 Å². The van der Waals surface area contributed by atoms with Crippen LogP contribution in [0.1, 0.15) is 23.6 Å². The molecule has 0 atom stereocenters. The number of benzene rings is 2. The zero-order valence-corrected chi connectivity index (χ0v) is 16.3. The van der Waals surface area contributed by atoms with Crippen LogP contribution in [-0.4, -0.2) is 25.1 Å². The third-order valence-corrected chi connectivity index (χ3v) is 3.94. The molecule has 5 nitrogen and oxygen atoms in total. The molecule has 6 heteroatoms. The molecule has 0 aliphatic carbocycles. The molecule has 0 aromatic heterocycles. The van der Waals surface area contributed by atoms with Gasteiger partial charge in [-0.15, -0.1) is 0 Å². The van der Waals surface area contributed by atoms with E-state index in [1.54, 1.807) is 12.1 Å². The minimum atomic E-state index is -0.606. The van der Waals surface area contributed by atoms with Crippen LogP contribution in [0.15, 0.2) is 42.5 Å². The third-order valence-electron chi connectivity index (χ3n) is 3.64. The first-order valence-electron chi connectivity index (χ1n) is 8.53. The molecule has 1 amide bonds. The van der Waals surface area contributed by atoms with E-state index in [9.17, 15) is 9.59 Å². The molecule has 142 valence electrons. The van der Waals surface area contributed by atoms with Crippen molar-refractivity contribution in [3.05, 3.63) is 64.2 Å². The summed E-state index contributed by atoms with van der Waals surface area (Å²) < 4.78 is 10.3. The van der Waals surface area contributed by atoms with Gasteiger partial charge in [0, 0.05) is 6.08 Å². The van der Waals surface area contributed by atoms with Crippen LogP contribution in [0.4, 0.5) is 5.69 Å². The van der Waals surface area contributed by atoms with Gasteiger partial charge in [-0.3, -0.25) is 4.79 Å². The van der Waals surface area contributed by atoms with Gasteiger partial charge in [0.2, 0.25) is 0 Å². The standard InChI is InChI=1S/C21H22ClNO4/c1-4-26-17-8-5-16(6-9-17)7-10-20(25)27-13-19(24)23-21-15(3)11-14(2)12-18(21)22/h5-12H,4,13H2,1-3H3,(H,23,24). The van der Waals surface area contributed by atoms with Crippen molar-refractivity contribution in [2.24, 2.45) is 0 Å². The summed E-state index contributed by atoms with van der Waals surface area (Å²) in [5, 5.41) is 3.11. The van der Waals surface area contributed by atoms with Crippen LogP contribution in [0.25, 0.3) is 6.08 Å². The number of halogens is 1. The number of nitrogens with one attached hydrogen (secondary N) is 1. The van der Waals surface area contributed by atoms with Crippen molar-refractivity contribution in [3.63, 3.8) is 0 Å². The average Bonchev–Trinajstić information content (AvgIpc) is 2.62. The second-order valence-electron chi connectivity index (χ2n) is 5.93. The highest BCUT2D eigenvalue weighted by Gasteiger charge is 2.11. The van der Waals surface area contributed by atoms with Gasteiger partial charge < -0.3 is 14.8 Å². The Kier molecular flexibility index (Phi) is 7.44. The molecule has 27 heavy (non-hydrogen) atoms. The Hall–Kier alpha value is -2.79. The second kappa shape index (κ2) is 9.78. The van der Waals surface area contributed by atoms with Crippen molar-refractivity contribution in [2.45, 2.75) is 20.8 Å². The Bertz CT molecular complexity index is 821. The normalized spacial score (nSPS) is 10.7. The topological polar surface area (TPSA) is 64.6 Å². The maximum absolute atomic E-state index is 12.0. The number of aryl methyl sites for hydroxylation is 2. The predicted octanol–water partition coefficient (Wildman–Crippen LogP) is 4.55. The van der Waals surface area contributed by atoms with E-state index in [4.69, 9.17) is 21.1 Å². The first-order valence-corrected chi connectivity index (χ1v) is 8.91. The van der Waals surface area contributed by atoms with Crippen LogP contribution in [0.2, 0.25) is 5.02 Å². The molecule has 0 unspecified atom stereocenters. The van der Waals surface area contributed by atoms with E-state index in [2.05, 4.69) is 5.32 Å². The number of carbonyl (C=O) groups is 2. The van der Waals surface area contributed by atoms with Gasteiger partial charge in [-0.05, 0) is 61.7 Å². The first kappa shape index (κ1) is 20.5. The molecule has 0 aliphatic heterocycles. The van der Waals surface area contributed by atoms with E-state index in [0.29, 0.717) is 17.3 Å². The van der Waals surface area contributed by atoms with E-state index in [1.807, 2.05) is 51.1 Å². The van der Waals surface area contributed by atoms with Gasteiger partial charge in [0.25, 0.3) is 5.91 Å². The van der Waals surface area contributed by atoms with Crippen molar-refractivity contribution < 1.29 is 19.1 Å². The highest BCUT2D eigenvalue weighted by Crippen LogP contribution is 2.27. The second-order valence-corrected chi connectivity index (χ2v) is 6.34. The van der Waals surface area contributed by atoms with Crippen molar-refractivity contribution in [1.29, 1.82) is 0 Å². The number of hydrogen-bond acceptors (Lipinski definition) is 4. The summed E-state index contributed by atoms with van der Waals surface area (Å²) >= 11 is 6.15. The number of carbonyl (C=O) groups excluding carboxylic acids is 2. The summed E-state index contributed by atoms with van der Waals surface area (Å²) in [7, 11) is 0. The van der Waals surface area contributed by atoms with Crippen LogP contribution in [-0.2, 0) is 14.3 Å². The quantitative estimate of drug-likeness (QED) is 0.559. The largest absolute Gasteiger partial charge is 0.494 e. The molecule has 0 aliphatic rings. The predicted molar refractivity (Wildman–Crippen MR) is 107 cm³/mol. The monoisotopic (exact) mass is 387 g/mol. The zero-order valence-electron chi connectivity index (χ0n) is 15.5. The number of anilines is 1. The molecule has 1 N–H and O–H groups in total. The van der Waals surface area contributed by atoms with Crippen molar-refractivity contribution in [1.82, 2.24) is 0 Å². The molecule has 0 bridgehead atoms. The lowest BCUT2D eigenvalue weighted by Gasteiger charge is -2.11. The lowest BCUT2D eigenvalue weighted by atomic mass is 10.1. The molecule has 0 spiro atoms. The lowest BCUT2D eigenvalue weighted by molar-refractivity contribution is -0.142. The fourth-order valence-electron chi connectivity index (χ4n) is 2.44. The summed E-state index contributed by atoms with van der Waals surface area (Å²) in [6.07, 6.45) is 2.88. The van der Waals surface area contributed by atoms with Crippen LogP contribution < -0.4 is 10.1 Å². The summed E-state index contributed by atoms with van der Waals surface area (Å²) in [4.78, 5) is 23.8. The third kappa shape index (κ3) is 6.46. The summed E-state index contributed by atoms with van der Waals surface area (Å²) in [6, 6.07) is 10.9. The molecule has 0 saturated carbocycles. The van der Waals surface area contributed by atoms with E-state index in [-0.39, 0.29) is 0 Å². The number of amides is 1. The minimum absolute atomic E-state index is 0.393. The van der Waals surface area contributed by atoms with Gasteiger partial charge >= 0.3 is 5.97 Å². The fraction of sp³-hybridized carbons (Fsp3) is 0.238. The van der Waals surface area contributed by atoms with Gasteiger partial charge in [0.05, 0.1) is 17.3 Å². The van der Waals surface area contributed by atoms with Gasteiger partial charge in [-0.1, -0.05) is 29.8 Å². The molecule has 2 aromatic carbocycles. The Balaban J connectivity index is 1.85. The van der Waals surface area contributed by atoms with E-state index in [1.165, 1.54) is 6.08 Å². The molecule has 0 radical (unpaired) electrons. The van der Waals surface area contributed by atoms with Gasteiger partial charge in [0.1, 0.15) is 5.75 Å². The van der Waals surface area contributed by atoms with Gasteiger partial charge in [-0.2, -0.15) is 0 Å². The first-order chi connectivity index (χ1) is 12.9. The number of hydrogen-bond donors (Lipinski definition) is 1. The number of rotatable bonds is 7. The maximum Gasteiger partial charge on any atom is 0.331 e. The average molecular weight is 388 g/mol. The fourth-order valence-corrected chi connectivity index (χ4v) is 2.81. The van der Waals surface area contributed by atoms with Gasteiger partial charge in [-0.25, -0.2) is 4.79 Å². The van der Waals surface area contributed by atoms with Gasteiger partial charge in [0.15, 0.2) is 6.61 Å². The summed E-state index contributed by atoms with van der Waals surface area (Å²) in [6.45, 7) is 5.88.